The maximum atomic E-state index is 11.2. The zero-order valence-electron chi connectivity index (χ0n) is 7.11. The van der Waals surface area contributed by atoms with Crippen LogP contribution in [0.1, 0.15) is 19.8 Å². The molecule has 0 radical (unpaired) electrons. The van der Waals surface area contributed by atoms with Gasteiger partial charge >= 0.3 is 0 Å². The molecule has 3 nitrogen and oxygen atoms in total. The number of carbonyl (C=O) groups is 2. The van der Waals surface area contributed by atoms with Crippen LogP contribution in [0.25, 0.3) is 0 Å². The van der Waals surface area contributed by atoms with Gasteiger partial charge in [0.15, 0.2) is 0 Å². The van der Waals surface area contributed by atoms with Crippen molar-refractivity contribution in [1.29, 1.82) is 0 Å². The SMILES string of the molecule is CCC1=C(C(=O)S)N2C(=O)C[C@H]2S1. The molecule has 2 aliphatic heterocycles. The van der Waals surface area contributed by atoms with E-state index in [9.17, 15) is 9.59 Å². The third kappa shape index (κ3) is 1.21. The summed E-state index contributed by atoms with van der Waals surface area (Å²) in [6, 6.07) is 0. The highest BCUT2D eigenvalue weighted by Crippen LogP contribution is 2.47. The summed E-state index contributed by atoms with van der Waals surface area (Å²) in [5, 5.41) is -0.117. The molecule has 0 bridgehead atoms. The summed E-state index contributed by atoms with van der Waals surface area (Å²) < 4.78 is 0. The van der Waals surface area contributed by atoms with Gasteiger partial charge in [0.25, 0.3) is 0 Å². The fourth-order valence-corrected chi connectivity index (χ4v) is 3.25. The molecular formula is C8H9NO2S2. The monoisotopic (exact) mass is 215 g/mol. The first-order valence-electron chi connectivity index (χ1n) is 4.10. The zero-order chi connectivity index (χ0) is 9.59. The van der Waals surface area contributed by atoms with Crippen molar-refractivity contribution in [1.82, 2.24) is 4.90 Å². The van der Waals surface area contributed by atoms with E-state index in [-0.39, 0.29) is 16.4 Å². The first-order chi connectivity index (χ1) is 6.15. The zero-order valence-corrected chi connectivity index (χ0v) is 8.82. The molecule has 0 spiro atoms. The molecular weight excluding hydrogens is 206 g/mol. The lowest BCUT2D eigenvalue weighted by Crippen LogP contribution is -2.48. The Morgan fingerprint density at radius 1 is 1.77 bits per heavy atom. The Bertz CT molecular complexity index is 324. The minimum absolute atomic E-state index is 0.0401. The molecule has 1 atom stereocenters. The predicted octanol–water partition coefficient (Wildman–Crippen LogP) is 1.37. The molecule has 2 rings (SSSR count). The Morgan fingerprint density at radius 3 is 2.92 bits per heavy atom. The van der Waals surface area contributed by atoms with Crippen molar-refractivity contribution in [2.45, 2.75) is 25.1 Å². The number of hydrogen-bond donors (Lipinski definition) is 1. The summed E-state index contributed by atoms with van der Waals surface area (Å²) in [4.78, 5) is 24.9. The minimum Gasteiger partial charge on any atom is -0.294 e. The molecule has 13 heavy (non-hydrogen) atoms. The predicted molar refractivity (Wildman–Crippen MR) is 54.2 cm³/mol. The number of β-lactam (4-membered cyclic amide) rings is 1. The second kappa shape index (κ2) is 3.06. The number of nitrogens with zero attached hydrogens (tertiary/aromatic N) is 1. The fraction of sp³-hybridized carbons (Fsp3) is 0.500. The first-order valence-corrected chi connectivity index (χ1v) is 5.43. The molecule has 0 saturated carbocycles. The summed E-state index contributed by atoms with van der Waals surface area (Å²) in [5.41, 5.74) is 0.511. The molecule has 0 aliphatic carbocycles. The molecule has 1 fully saturated rings. The highest BCUT2D eigenvalue weighted by molar-refractivity contribution is 8.04. The Balaban J connectivity index is 2.34. The van der Waals surface area contributed by atoms with Crippen LogP contribution in [0.4, 0.5) is 0 Å². The Hall–Kier alpha value is -0.420. The van der Waals surface area contributed by atoms with E-state index < -0.39 is 0 Å². The molecule has 2 heterocycles. The molecule has 0 N–H and O–H groups in total. The van der Waals surface area contributed by atoms with E-state index in [0.717, 1.165) is 11.3 Å². The van der Waals surface area contributed by atoms with E-state index in [1.165, 1.54) is 0 Å². The highest BCUT2D eigenvalue weighted by Gasteiger charge is 2.46. The fourth-order valence-electron chi connectivity index (χ4n) is 1.58. The largest absolute Gasteiger partial charge is 0.294 e. The van der Waals surface area contributed by atoms with E-state index in [1.54, 1.807) is 16.7 Å². The van der Waals surface area contributed by atoms with Crippen molar-refractivity contribution in [3.05, 3.63) is 10.6 Å². The van der Waals surface area contributed by atoms with Crippen molar-refractivity contribution >= 4 is 35.4 Å². The van der Waals surface area contributed by atoms with E-state index in [0.29, 0.717) is 12.1 Å². The summed E-state index contributed by atoms with van der Waals surface area (Å²) >= 11 is 5.39. The third-order valence-corrected chi connectivity index (χ3v) is 3.84. The van der Waals surface area contributed by atoms with Crippen LogP contribution in [0.3, 0.4) is 0 Å². The van der Waals surface area contributed by atoms with Crippen molar-refractivity contribution in [2.75, 3.05) is 0 Å². The summed E-state index contributed by atoms with van der Waals surface area (Å²) in [6.45, 7) is 1.98. The number of rotatable bonds is 2. The number of allylic oxidation sites excluding steroid dienone is 1. The molecule has 70 valence electrons. The molecule has 1 saturated heterocycles. The second-order valence-corrected chi connectivity index (χ2v) is 4.65. The maximum Gasteiger partial charge on any atom is 0.233 e. The Kier molecular flexibility index (Phi) is 2.15. The smallest absolute Gasteiger partial charge is 0.233 e. The van der Waals surface area contributed by atoms with Crippen molar-refractivity contribution in [3.63, 3.8) is 0 Å². The van der Waals surface area contributed by atoms with E-state index in [1.807, 2.05) is 6.92 Å². The normalized spacial score (nSPS) is 26.2. The van der Waals surface area contributed by atoms with Gasteiger partial charge in [-0.2, -0.15) is 0 Å². The molecule has 2 aliphatic rings. The van der Waals surface area contributed by atoms with Gasteiger partial charge < -0.3 is 0 Å². The van der Waals surface area contributed by atoms with Gasteiger partial charge in [-0.3, -0.25) is 14.5 Å². The van der Waals surface area contributed by atoms with Crippen LogP contribution < -0.4 is 0 Å². The van der Waals surface area contributed by atoms with Gasteiger partial charge in [0.05, 0.1) is 11.8 Å². The number of fused-ring (bicyclic) bond motifs is 1. The van der Waals surface area contributed by atoms with Gasteiger partial charge in [0, 0.05) is 4.91 Å². The van der Waals surface area contributed by atoms with Crippen LogP contribution in [-0.2, 0) is 9.59 Å². The van der Waals surface area contributed by atoms with Crippen LogP contribution >= 0.6 is 24.4 Å². The number of thioether (sulfide) groups is 1. The molecule has 0 aromatic rings. The van der Waals surface area contributed by atoms with E-state index in [4.69, 9.17) is 0 Å². The van der Waals surface area contributed by atoms with Gasteiger partial charge in [-0.05, 0) is 6.42 Å². The van der Waals surface area contributed by atoms with Crippen LogP contribution in [0, 0.1) is 0 Å². The van der Waals surface area contributed by atoms with Crippen LogP contribution in [0.2, 0.25) is 0 Å². The number of hydrogen-bond acceptors (Lipinski definition) is 3. The standard InChI is InChI=1S/C8H9NO2S2/c1-2-4-7(8(11)12)9-5(10)3-6(9)13-4/h6H,2-3H2,1H3,(H,11,12)/t6-/m1/s1. The maximum absolute atomic E-state index is 11.2. The van der Waals surface area contributed by atoms with Gasteiger partial charge in [0.2, 0.25) is 11.0 Å². The lowest BCUT2D eigenvalue weighted by molar-refractivity contribution is -0.139. The Morgan fingerprint density at radius 2 is 2.46 bits per heavy atom. The van der Waals surface area contributed by atoms with Gasteiger partial charge in [0.1, 0.15) is 5.70 Å². The highest BCUT2D eigenvalue weighted by atomic mass is 32.2. The first kappa shape index (κ1) is 9.15. The molecule has 0 aromatic heterocycles. The number of thiol groups is 1. The van der Waals surface area contributed by atoms with Gasteiger partial charge in [-0.1, -0.05) is 19.6 Å². The quantitative estimate of drug-likeness (QED) is 0.558. The average molecular weight is 215 g/mol. The third-order valence-electron chi connectivity index (χ3n) is 2.21. The second-order valence-electron chi connectivity index (χ2n) is 2.97. The van der Waals surface area contributed by atoms with Crippen molar-refractivity contribution in [3.8, 4) is 0 Å². The van der Waals surface area contributed by atoms with Crippen LogP contribution in [0.5, 0.6) is 0 Å². The summed E-state index contributed by atoms with van der Waals surface area (Å²) in [7, 11) is 0. The molecule has 0 aromatic carbocycles. The van der Waals surface area contributed by atoms with E-state index in [2.05, 4.69) is 12.6 Å². The van der Waals surface area contributed by atoms with Crippen LogP contribution in [-0.4, -0.2) is 21.3 Å². The Labute approximate surface area is 86.0 Å². The molecule has 5 heteroatoms. The van der Waals surface area contributed by atoms with Crippen LogP contribution in [0.15, 0.2) is 10.6 Å². The number of carbonyl (C=O) groups excluding carboxylic acids is 2. The summed E-state index contributed by atoms with van der Waals surface area (Å²) in [5.74, 6) is 0.0401. The van der Waals surface area contributed by atoms with Crippen molar-refractivity contribution in [2.24, 2.45) is 0 Å². The lowest BCUT2D eigenvalue weighted by Gasteiger charge is -2.34. The van der Waals surface area contributed by atoms with Gasteiger partial charge in [-0.15, -0.1) is 11.8 Å². The van der Waals surface area contributed by atoms with Gasteiger partial charge in [-0.25, -0.2) is 0 Å². The summed E-state index contributed by atoms with van der Waals surface area (Å²) in [6.07, 6.45) is 1.35. The molecule has 1 amide bonds. The topological polar surface area (TPSA) is 37.4 Å². The lowest BCUT2D eigenvalue weighted by atomic mass is 10.1. The molecule has 0 unspecified atom stereocenters. The number of amides is 1. The average Bonchev–Trinajstić information content (AvgIpc) is 2.37. The minimum atomic E-state index is -0.292. The van der Waals surface area contributed by atoms with E-state index >= 15 is 0 Å². The van der Waals surface area contributed by atoms with Crippen molar-refractivity contribution < 1.29 is 9.59 Å².